The lowest BCUT2D eigenvalue weighted by Crippen LogP contribution is -2.32. The van der Waals surface area contributed by atoms with Gasteiger partial charge in [0.05, 0.1) is 25.4 Å². The molecule has 0 saturated heterocycles. The standard InChI is InChI=1S/C15H26N4O4S/c1-18(2)10-13-4-5-14(23-13)12-24-9-7-17-15(11-19(20)21)16-6-8-22-3/h4-5H,6-12H2,1-3H3,(H,16,17). The topological polar surface area (TPSA) is 93.1 Å². The average Bonchev–Trinajstić information content (AvgIpc) is 2.93. The molecule has 24 heavy (non-hydrogen) atoms. The average molecular weight is 358 g/mol. The number of nitrogens with one attached hydrogen (secondary N) is 1. The lowest BCUT2D eigenvalue weighted by atomic mass is 10.4. The Hall–Kier alpha value is -1.58. The number of hydrogen-bond donors (Lipinski definition) is 1. The number of furan rings is 1. The number of ether oxygens (including phenoxy) is 1. The lowest BCUT2D eigenvalue weighted by molar-refractivity contribution is -0.463. The highest BCUT2D eigenvalue weighted by atomic mass is 32.2. The van der Waals surface area contributed by atoms with Crippen molar-refractivity contribution < 1.29 is 14.1 Å². The first-order chi connectivity index (χ1) is 11.5. The predicted molar refractivity (Wildman–Crippen MR) is 96.3 cm³/mol. The van der Waals surface area contributed by atoms with Crippen molar-refractivity contribution in [1.29, 1.82) is 0 Å². The molecule has 0 unspecified atom stereocenters. The first kappa shape index (κ1) is 20.5. The number of methoxy groups -OCH3 is 1. The van der Waals surface area contributed by atoms with E-state index in [0.29, 0.717) is 25.5 Å². The summed E-state index contributed by atoms with van der Waals surface area (Å²) in [4.78, 5) is 16.4. The molecule has 0 amide bonds. The van der Waals surface area contributed by atoms with Gasteiger partial charge in [-0.25, -0.2) is 0 Å². The molecule has 0 radical (unpaired) electrons. The molecule has 1 rings (SSSR count). The third-order valence-electron chi connectivity index (χ3n) is 2.89. The molecule has 0 saturated carbocycles. The molecule has 0 atom stereocenters. The highest BCUT2D eigenvalue weighted by molar-refractivity contribution is 7.98. The Balaban J connectivity index is 2.26. The molecule has 9 heteroatoms. The summed E-state index contributed by atoms with van der Waals surface area (Å²) in [5, 5.41) is 13.6. The number of aliphatic imine (C=N–C) groups is 1. The van der Waals surface area contributed by atoms with Gasteiger partial charge in [0, 0.05) is 24.3 Å². The molecule has 0 aliphatic rings. The summed E-state index contributed by atoms with van der Waals surface area (Å²) in [5.74, 6) is 3.87. The minimum absolute atomic E-state index is 0.291. The van der Waals surface area contributed by atoms with E-state index in [-0.39, 0.29) is 11.5 Å². The summed E-state index contributed by atoms with van der Waals surface area (Å²) in [6.45, 7) is 1.98. The molecule has 0 aliphatic carbocycles. The maximum absolute atomic E-state index is 10.6. The van der Waals surface area contributed by atoms with Gasteiger partial charge in [0.15, 0.2) is 5.84 Å². The fourth-order valence-corrected chi connectivity index (χ4v) is 2.64. The molecule has 0 spiro atoms. The van der Waals surface area contributed by atoms with Gasteiger partial charge in [-0.1, -0.05) is 0 Å². The van der Waals surface area contributed by atoms with Crippen molar-refractivity contribution >= 4 is 17.6 Å². The number of hydrogen-bond acceptors (Lipinski definition) is 7. The van der Waals surface area contributed by atoms with Gasteiger partial charge >= 0.3 is 0 Å². The van der Waals surface area contributed by atoms with Gasteiger partial charge in [-0.3, -0.25) is 15.1 Å². The molecule has 1 heterocycles. The highest BCUT2D eigenvalue weighted by Crippen LogP contribution is 2.15. The predicted octanol–water partition coefficient (Wildman–Crippen LogP) is 1.49. The van der Waals surface area contributed by atoms with Crippen molar-refractivity contribution in [3.05, 3.63) is 33.8 Å². The van der Waals surface area contributed by atoms with Crippen LogP contribution in [0.2, 0.25) is 0 Å². The van der Waals surface area contributed by atoms with Gasteiger partial charge in [0.2, 0.25) is 0 Å². The van der Waals surface area contributed by atoms with Gasteiger partial charge in [0.25, 0.3) is 6.54 Å². The zero-order chi connectivity index (χ0) is 17.8. The normalized spacial score (nSPS) is 11.9. The van der Waals surface area contributed by atoms with Crippen LogP contribution in [0.5, 0.6) is 0 Å². The van der Waals surface area contributed by atoms with Crippen molar-refractivity contribution in [2.45, 2.75) is 12.3 Å². The molecule has 0 aromatic carbocycles. The Morgan fingerprint density at radius 2 is 2.21 bits per heavy atom. The van der Waals surface area contributed by atoms with E-state index in [9.17, 15) is 10.1 Å². The largest absolute Gasteiger partial charge is 0.464 e. The van der Waals surface area contributed by atoms with Gasteiger partial charge in [0.1, 0.15) is 11.5 Å². The summed E-state index contributed by atoms with van der Waals surface area (Å²) in [6, 6.07) is 3.98. The van der Waals surface area contributed by atoms with E-state index >= 15 is 0 Å². The van der Waals surface area contributed by atoms with Gasteiger partial charge < -0.3 is 19.4 Å². The third kappa shape index (κ3) is 9.53. The molecule has 8 nitrogen and oxygen atoms in total. The second-order valence-corrected chi connectivity index (χ2v) is 6.50. The first-order valence-corrected chi connectivity index (χ1v) is 8.84. The van der Waals surface area contributed by atoms with E-state index in [2.05, 4.69) is 15.2 Å². The SMILES string of the molecule is COCCN=C(C[N+](=O)[O-])NCCSCc1ccc(CN(C)C)o1. The maximum atomic E-state index is 10.6. The lowest BCUT2D eigenvalue weighted by Gasteiger charge is -2.07. The van der Waals surface area contributed by atoms with E-state index in [1.807, 2.05) is 26.2 Å². The second kappa shape index (κ2) is 11.9. The van der Waals surface area contributed by atoms with Crippen LogP contribution < -0.4 is 5.32 Å². The maximum Gasteiger partial charge on any atom is 0.259 e. The number of amidine groups is 1. The van der Waals surface area contributed by atoms with Crippen molar-refractivity contribution in [3.8, 4) is 0 Å². The molecular weight excluding hydrogens is 332 g/mol. The van der Waals surface area contributed by atoms with Gasteiger partial charge in [-0.2, -0.15) is 11.8 Å². The van der Waals surface area contributed by atoms with E-state index in [4.69, 9.17) is 9.15 Å². The van der Waals surface area contributed by atoms with Crippen molar-refractivity contribution in [1.82, 2.24) is 10.2 Å². The van der Waals surface area contributed by atoms with Crippen molar-refractivity contribution in [3.63, 3.8) is 0 Å². The van der Waals surface area contributed by atoms with E-state index in [1.165, 1.54) is 0 Å². The molecule has 136 valence electrons. The molecular formula is C15H26N4O4S. The zero-order valence-corrected chi connectivity index (χ0v) is 15.3. The van der Waals surface area contributed by atoms with Crippen LogP contribution in [0.25, 0.3) is 0 Å². The van der Waals surface area contributed by atoms with Crippen molar-refractivity contribution in [2.24, 2.45) is 4.99 Å². The van der Waals surface area contributed by atoms with E-state index < -0.39 is 0 Å². The quantitative estimate of drug-likeness (QED) is 0.199. The first-order valence-electron chi connectivity index (χ1n) is 7.69. The van der Waals surface area contributed by atoms with Crippen LogP contribution in [-0.2, 0) is 17.0 Å². The minimum Gasteiger partial charge on any atom is -0.464 e. The Labute approximate surface area is 146 Å². The second-order valence-electron chi connectivity index (χ2n) is 5.40. The fourth-order valence-electron chi connectivity index (χ4n) is 1.89. The molecule has 1 N–H and O–H groups in total. The highest BCUT2D eigenvalue weighted by Gasteiger charge is 2.07. The fraction of sp³-hybridized carbons (Fsp3) is 0.667. The number of rotatable bonds is 12. The van der Waals surface area contributed by atoms with Gasteiger partial charge in [-0.05, 0) is 26.2 Å². The third-order valence-corrected chi connectivity index (χ3v) is 3.87. The summed E-state index contributed by atoms with van der Waals surface area (Å²) in [6.07, 6.45) is 0. The smallest absolute Gasteiger partial charge is 0.259 e. The molecule has 1 aromatic rings. The van der Waals surface area contributed by atoms with Crippen LogP contribution in [0.15, 0.2) is 21.5 Å². The monoisotopic (exact) mass is 358 g/mol. The zero-order valence-electron chi connectivity index (χ0n) is 14.5. The van der Waals surface area contributed by atoms with Crippen LogP contribution in [0.3, 0.4) is 0 Å². The van der Waals surface area contributed by atoms with Crippen LogP contribution in [-0.4, -0.2) is 68.9 Å². The van der Waals surface area contributed by atoms with Crippen LogP contribution in [0.1, 0.15) is 11.5 Å². The molecule has 0 fully saturated rings. The van der Waals surface area contributed by atoms with Crippen molar-refractivity contribution in [2.75, 3.05) is 53.2 Å². The summed E-state index contributed by atoms with van der Waals surface area (Å²) < 4.78 is 10.6. The summed E-state index contributed by atoms with van der Waals surface area (Å²) in [7, 11) is 5.57. The Morgan fingerprint density at radius 3 is 2.88 bits per heavy atom. The number of nitrogens with zero attached hydrogens (tertiary/aromatic N) is 3. The van der Waals surface area contributed by atoms with Crippen LogP contribution in [0, 0.1) is 10.1 Å². The van der Waals surface area contributed by atoms with E-state index in [0.717, 1.165) is 29.6 Å². The minimum atomic E-state index is -0.388. The Kier molecular flexibility index (Phi) is 10.1. The summed E-state index contributed by atoms with van der Waals surface area (Å²) >= 11 is 1.71. The van der Waals surface area contributed by atoms with Gasteiger partial charge in [-0.15, -0.1) is 0 Å². The van der Waals surface area contributed by atoms with Crippen LogP contribution in [0.4, 0.5) is 0 Å². The number of thioether (sulfide) groups is 1. The van der Waals surface area contributed by atoms with E-state index in [1.54, 1.807) is 18.9 Å². The van der Waals surface area contributed by atoms with Crippen LogP contribution >= 0.6 is 11.8 Å². The summed E-state index contributed by atoms with van der Waals surface area (Å²) in [5.41, 5.74) is 0. The molecule has 1 aromatic heterocycles. The number of nitro groups is 1. The molecule has 0 bridgehead atoms. The Morgan fingerprint density at radius 1 is 1.46 bits per heavy atom. The Bertz CT molecular complexity index is 519. The molecule has 0 aliphatic heterocycles.